The molecule has 0 aromatic heterocycles. The molecule has 0 unspecified atom stereocenters. The molecule has 2 aromatic carbocycles. The molecule has 30 heavy (non-hydrogen) atoms. The average Bonchev–Trinajstić information content (AvgIpc) is 3.07. The van der Waals surface area contributed by atoms with Gasteiger partial charge in [0.25, 0.3) is 0 Å². The first-order valence-corrected chi connectivity index (χ1v) is 9.18. The Bertz CT molecular complexity index is 1020. The summed E-state index contributed by atoms with van der Waals surface area (Å²) >= 11 is 0. The molecule has 7 heteroatoms. The molecule has 0 fully saturated rings. The number of hydrogen-bond donors (Lipinski definition) is 0. The quantitative estimate of drug-likeness (QED) is 0.373. The van der Waals surface area contributed by atoms with Crippen molar-refractivity contribution in [2.45, 2.75) is 6.92 Å². The number of allylic oxidation sites excluding steroid dienone is 1. The second-order valence-corrected chi connectivity index (χ2v) is 6.35. The van der Waals surface area contributed by atoms with Gasteiger partial charge >= 0.3 is 5.97 Å². The van der Waals surface area contributed by atoms with E-state index in [4.69, 9.17) is 23.7 Å². The van der Waals surface area contributed by atoms with Crippen molar-refractivity contribution in [3.05, 3.63) is 65.4 Å². The van der Waals surface area contributed by atoms with Crippen LogP contribution in [0.15, 0.2) is 48.7 Å². The van der Waals surface area contributed by atoms with Crippen LogP contribution in [0.25, 0.3) is 6.08 Å². The third-order valence-electron chi connectivity index (χ3n) is 4.46. The molecule has 1 aliphatic rings. The zero-order valence-corrected chi connectivity index (χ0v) is 17.0. The summed E-state index contributed by atoms with van der Waals surface area (Å²) < 4.78 is 27.0. The molecule has 7 nitrogen and oxygen atoms in total. The van der Waals surface area contributed by atoms with Crippen LogP contribution in [0.4, 0.5) is 0 Å². The van der Waals surface area contributed by atoms with Crippen LogP contribution in [-0.4, -0.2) is 39.2 Å². The van der Waals surface area contributed by atoms with Gasteiger partial charge in [-0.3, -0.25) is 4.79 Å². The van der Waals surface area contributed by atoms with Crippen LogP contribution in [0.2, 0.25) is 0 Å². The van der Waals surface area contributed by atoms with E-state index in [1.807, 2.05) is 0 Å². The maximum atomic E-state index is 12.8. The Labute approximate surface area is 174 Å². The molecular weight excluding hydrogens is 388 g/mol. The SMILES string of the molecule is C=CCOC(=O)COc1ccc2c(c1C)O/C(=C\c1cccc(OC)c1OC)C2=O. The number of rotatable bonds is 8. The zero-order valence-electron chi connectivity index (χ0n) is 17.0. The van der Waals surface area contributed by atoms with Gasteiger partial charge in [0.1, 0.15) is 18.1 Å². The molecule has 3 rings (SSSR count). The highest BCUT2D eigenvalue weighted by molar-refractivity contribution is 6.15. The number of benzene rings is 2. The fraction of sp³-hybridized carbons (Fsp3) is 0.217. The minimum absolute atomic E-state index is 0.116. The van der Waals surface area contributed by atoms with E-state index >= 15 is 0 Å². The Balaban J connectivity index is 1.85. The van der Waals surface area contributed by atoms with E-state index in [0.29, 0.717) is 39.7 Å². The topological polar surface area (TPSA) is 80.3 Å². The number of esters is 1. The van der Waals surface area contributed by atoms with Crippen LogP contribution in [-0.2, 0) is 9.53 Å². The minimum atomic E-state index is -0.516. The number of para-hydroxylation sites is 1. The van der Waals surface area contributed by atoms with Gasteiger partial charge in [0.2, 0.25) is 5.78 Å². The minimum Gasteiger partial charge on any atom is -0.493 e. The fourth-order valence-electron chi connectivity index (χ4n) is 3.02. The van der Waals surface area contributed by atoms with Gasteiger partial charge in [-0.25, -0.2) is 4.79 Å². The lowest BCUT2D eigenvalue weighted by atomic mass is 10.1. The second-order valence-electron chi connectivity index (χ2n) is 6.35. The molecule has 0 atom stereocenters. The van der Waals surface area contributed by atoms with E-state index in [9.17, 15) is 9.59 Å². The molecule has 1 aliphatic heterocycles. The first kappa shape index (κ1) is 21.0. The molecule has 0 saturated heterocycles. The highest BCUT2D eigenvalue weighted by atomic mass is 16.6. The summed E-state index contributed by atoms with van der Waals surface area (Å²) in [5.41, 5.74) is 1.67. The number of ether oxygens (including phenoxy) is 5. The number of fused-ring (bicyclic) bond motifs is 1. The normalized spacial score (nSPS) is 13.4. The highest BCUT2D eigenvalue weighted by Gasteiger charge is 2.30. The van der Waals surface area contributed by atoms with Gasteiger partial charge in [-0.05, 0) is 31.2 Å². The molecule has 2 aromatic rings. The third-order valence-corrected chi connectivity index (χ3v) is 4.46. The van der Waals surface area contributed by atoms with Gasteiger partial charge in [0, 0.05) is 11.1 Å². The summed E-state index contributed by atoms with van der Waals surface area (Å²) in [6.45, 7) is 5.10. The van der Waals surface area contributed by atoms with Gasteiger partial charge in [-0.1, -0.05) is 24.8 Å². The number of methoxy groups -OCH3 is 2. The first-order chi connectivity index (χ1) is 14.5. The first-order valence-electron chi connectivity index (χ1n) is 9.18. The molecule has 0 N–H and O–H groups in total. The summed E-state index contributed by atoms with van der Waals surface area (Å²) in [5, 5.41) is 0. The third kappa shape index (κ3) is 4.15. The van der Waals surface area contributed by atoms with Crippen LogP contribution >= 0.6 is 0 Å². The largest absolute Gasteiger partial charge is 0.493 e. The summed E-state index contributed by atoms with van der Waals surface area (Å²) in [4.78, 5) is 24.4. The molecular formula is C23H22O7. The smallest absolute Gasteiger partial charge is 0.344 e. The summed E-state index contributed by atoms with van der Waals surface area (Å²) in [6.07, 6.45) is 3.08. The maximum absolute atomic E-state index is 12.8. The second kappa shape index (κ2) is 9.17. The van der Waals surface area contributed by atoms with Gasteiger partial charge in [-0.2, -0.15) is 0 Å². The van der Waals surface area contributed by atoms with Crippen molar-refractivity contribution in [2.75, 3.05) is 27.4 Å². The van der Waals surface area contributed by atoms with Crippen molar-refractivity contribution < 1.29 is 33.3 Å². The zero-order chi connectivity index (χ0) is 21.7. The maximum Gasteiger partial charge on any atom is 0.344 e. The summed E-state index contributed by atoms with van der Waals surface area (Å²) in [7, 11) is 3.07. The van der Waals surface area contributed by atoms with Crippen molar-refractivity contribution in [1.82, 2.24) is 0 Å². The lowest BCUT2D eigenvalue weighted by Crippen LogP contribution is -2.15. The van der Waals surface area contributed by atoms with E-state index < -0.39 is 5.97 Å². The molecule has 1 heterocycles. The van der Waals surface area contributed by atoms with Crippen LogP contribution < -0.4 is 18.9 Å². The van der Waals surface area contributed by atoms with E-state index in [0.717, 1.165) is 0 Å². The van der Waals surface area contributed by atoms with Crippen LogP contribution in [0.1, 0.15) is 21.5 Å². The van der Waals surface area contributed by atoms with Crippen LogP contribution in [0.3, 0.4) is 0 Å². The standard InChI is InChI=1S/C23H22O7/c1-5-11-28-20(24)13-29-17-10-9-16-21(25)19(30-22(16)14(17)2)12-15-7-6-8-18(26-3)23(15)27-4/h5-10,12H,1,11,13H2,2-4H3/b19-12-. The molecule has 0 spiro atoms. The number of carbonyl (C=O) groups is 2. The number of hydrogen-bond acceptors (Lipinski definition) is 7. The van der Waals surface area contributed by atoms with Gasteiger partial charge < -0.3 is 23.7 Å². The average molecular weight is 410 g/mol. The van der Waals surface area contributed by atoms with Crippen molar-refractivity contribution in [1.29, 1.82) is 0 Å². The number of Topliss-reactive ketones (excluding diaryl/α,β-unsaturated/α-hetero) is 1. The molecule has 0 bridgehead atoms. The van der Waals surface area contributed by atoms with Crippen molar-refractivity contribution in [3.8, 4) is 23.0 Å². The Kier molecular flexibility index (Phi) is 6.41. The van der Waals surface area contributed by atoms with E-state index in [1.165, 1.54) is 13.2 Å². The van der Waals surface area contributed by atoms with Gasteiger partial charge in [-0.15, -0.1) is 0 Å². The molecule has 0 aliphatic carbocycles. The summed E-state index contributed by atoms with van der Waals surface area (Å²) in [5.74, 6) is 1.25. The predicted octanol–water partition coefficient (Wildman–Crippen LogP) is 3.74. The van der Waals surface area contributed by atoms with Crippen molar-refractivity contribution in [3.63, 3.8) is 0 Å². The molecule has 0 amide bonds. The lowest BCUT2D eigenvalue weighted by Gasteiger charge is -2.11. The Morgan fingerprint density at radius 3 is 2.63 bits per heavy atom. The van der Waals surface area contributed by atoms with E-state index in [2.05, 4.69) is 6.58 Å². The van der Waals surface area contributed by atoms with Crippen LogP contribution in [0.5, 0.6) is 23.0 Å². The highest BCUT2D eigenvalue weighted by Crippen LogP contribution is 2.40. The van der Waals surface area contributed by atoms with Gasteiger partial charge in [0.15, 0.2) is 23.9 Å². The Morgan fingerprint density at radius 1 is 1.13 bits per heavy atom. The molecule has 156 valence electrons. The van der Waals surface area contributed by atoms with Crippen molar-refractivity contribution >= 4 is 17.8 Å². The fourth-order valence-corrected chi connectivity index (χ4v) is 3.02. The summed E-state index contributed by atoms with van der Waals surface area (Å²) in [6, 6.07) is 8.60. The molecule has 0 saturated carbocycles. The van der Waals surface area contributed by atoms with Crippen LogP contribution in [0, 0.1) is 6.92 Å². The van der Waals surface area contributed by atoms with E-state index in [-0.39, 0.29) is 24.8 Å². The predicted molar refractivity (Wildman–Crippen MR) is 110 cm³/mol. The lowest BCUT2D eigenvalue weighted by molar-refractivity contribution is -0.144. The van der Waals surface area contributed by atoms with Crippen molar-refractivity contribution in [2.24, 2.45) is 0 Å². The molecule has 0 radical (unpaired) electrons. The Hall–Kier alpha value is -3.74. The Morgan fingerprint density at radius 2 is 1.93 bits per heavy atom. The van der Waals surface area contributed by atoms with Gasteiger partial charge in [0.05, 0.1) is 19.8 Å². The number of carbonyl (C=O) groups excluding carboxylic acids is 2. The van der Waals surface area contributed by atoms with E-state index in [1.54, 1.807) is 50.4 Å². The monoisotopic (exact) mass is 410 g/mol. The number of ketones is 1.